The lowest BCUT2D eigenvalue weighted by atomic mass is 9.56. The van der Waals surface area contributed by atoms with Crippen molar-refractivity contribution in [1.29, 1.82) is 0 Å². The maximum atomic E-state index is 11.9. The van der Waals surface area contributed by atoms with E-state index in [2.05, 4.69) is 19.9 Å². The monoisotopic (exact) mass is 206 g/mol. The Bertz CT molecular complexity index is 302. The molecule has 0 aromatic heterocycles. The lowest BCUT2D eigenvalue weighted by Gasteiger charge is -2.46. The Kier molecular flexibility index (Phi) is 2.74. The summed E-state index contributed by atoms with van der Waals surface area (Å²) in [5, 5.41) is 0. The Morgan fingerprint density at radius 3 is 2.93 bits per heavy atom. The van der Waals surface area contributed by atoms with Gasteiger partial charge >= 0.3 is 0 Å². The van der Waals surface area contributed by atoms with E-state index in [1.54, 1.807) is 6.92 Å². The van der Waals surface area contributed by atoms with Gasteiger partial charge in [-0.2, -0.15) is 0 Å². The van der Waals surface area contributed by atoms with Crippen molar-refractivity contribution in [3.63, 3.8) is 0 Å². The summed E-state index contributed by atoms with van der Waals surface area (Å²) in [5.41, 5.74) is 1.51. The molecule has 1 saturated carbocycles. The number of allylic oxidation sites excluding steroid dienone is 2. The number of rotatable bonds is 1. The fraction of sp³-hybridized carbons (Fsp3) is 0.786. The number of hydrogen-bond donors (Lipinski definition) is 0. The van der Waals surface area contributed by atoms with E-state index in [-0.39, 0.29) is 5.41 Å². The molecule has 0 aromatic carbocycles. The van der Waals surface area contributed by atoms with Gasteiger partial charge in [0.2, 0.25) is 0 Å². The van der Waals surface area contributed by atoms with Crippen molar-refractivity contribution in [3.05, 3.63) is 11.6 Å². The molecule has 0 aromatic rings. The Morgan fingerprint density at radius 2 is 2.27 bits per heavy atom. The molecule has 0 heterocycles. The zero-order chi connectivity index (χ0) is 11.1. The summed E-state index contributed by atoms with van der Waals surface area (Å²) in [7, 11) is 0. The molecule has 0 bridgehead atoms. The quantitative estimate of drug-likeness (QED) is 0.597. The first-order valence-corrected chi connectivity index (χ1v) is 6.21. The van der Waals surface area contributed by atoms with Crippen LogP contribution in [0.3, 0.4) is 0 Å². The van der Waals surface area contributed by atoms with Crippen molar-refractivity contribution in [2.45, 2.75) is 52.9 Å². The molecule has 2 aliphatic rings. The van der Waals surface area contributed by atoms with Gasteiger partial charge in [-0.25, -0.2) is 0 Å². The maximum absolute atomic E-state index is 11.9. The van der Waals surface area contributed by atoms with Crippen molar-refractivity contribution < 1.29 is 4.79 Å². The zero-order valence-corrected chi connectivity index (χ0v) is 10.2. The lowest BCUT2D eigenvalue weighted by Crippen LogP contribution is -2.43. The normalized spacial score (nSPS) is 40.6. The van der Waals surface area contributed by atoms with Crippen LogP contribution in [0.2, 0.25) is 0 Å². The van der Waals surface area contributed by atoms with Gasteiger partial charge in [0.05, 0.1) is 0 Å². The van der Waals surface area contributed by atoms with Crippen molar-refractivity contribution >= 4 is 5.78 Å². The minimum absolute atomic E-state index is 0.0199. The van der Waals surface area contributed by atoms with E-state index < -0.39 is 0 Å². The molecule has 0 aliphatic heterocycles. The van der Waals surface area contributed by atoms with Crippen LogP contribution in [-0.2, 0) is 4.79 Å². The van der Waals surface area contributed by atoms with Gasteiger partial charge in [0.25, 0.3) is 0 Å². The molecule has 1 nitrogen and oxygen atoms in total. The Labute approximate surface area is 92.9 Å². The number of carbonyl (C=O) groups is 1. The van der Waals surface area contributed by atoms with E-state index in [1.165, 1.54) is 18.4 Å². The highest BCUT2D eigenvalue weighted by Crippen LogP contribution is 2.51. The predicted octanol–water partition coefficient (Wildman–Crippen LogP) is 3.74. The van der Waals surface area contributed by atoms with Crippen LogP contribution in [0, 0.1) is 17.3 Å². The van der Waals surface area contributed by atoms with Crippen LogP contribution in [0.25, 0.3) is 0 Å². The highest BCUT2D eigenvalue weighted by atomic mass is 16.1. The molecule has 2 rings (SSSR count). The first-order chi connectivity index (χ1) is 7.04. The fourth-order valence-corrected chi connectivity index (χ4v) is 3.52. The minimum atomic E-state index is 0.0199. The second-order valence-electron chi connectivity index (χ2n) is 5.75. The van der Waals surface area contributed by atoms with Crippen LogP contribution in [0.1, 0.15) is 52.9 Å². The second-order valence-corrected chi connectivity index (χ2v) is 5.75. The molecule has 0 N–H and O–H groups in total. The Balaban J connectivity index is 2.28. The summed E-state index contributed by atoms with van der Waals surface area (Å²) in [6.07, 6.45) is 8.08. The van der Waals surface area contributed by atoms with Crippen molar-refractivity contribution in [3.8, 4) is 0 Å². The van der Waals surface area contributed by atoms with Gasteiger partial charge in [0.15, 0.2) is 0 Å². The number of hydrogen-bond acceptors (Lipinski definition) is 1. The standard InChI is InChI=1S/C14H22O/c1-10-4-6-14(12(3)15)7-5-11(2)9-13(14)8-10/h4,11,13H,5-9H2,1-3H3/t11-,13?,14?/m1/s1. The average molecular weight is 206 g/mol. The molecule has 2 aliphatic carbocycles. The van der Waals surface area contributed by atoms with Crippen molar-refractivity contribution in [2.24, 2.45) is 17.3 Å². The maximum Gasteiger partial charge on any atom is 0.136 e. The van der Waals surface area contributed by atoms with Gasteiger partial charge < -0.3 is 0 Å². The Hall–Kier alpha value is -0.590. The summed E-state index contributed by atoms with van der Waals surface area (Å²) in [5.74, 6) is 1.88. The number of fused-ring (bicyclic) bond motifs is 1. The number of ketones is 1. The molecule has 84 valence electrons. The average Bonchev–Trinajstić information content (AvgIpc) is 2.17. The molecule has 0 spiro atoms. The molecule has 1 fully saturated rings. The number of carbonyl (C=O) groups excluding carboxylic acids is 1. The summed E-state index contributed by atoms with van der Waals surface area (Å²) >= 11 is 0. The molecule has 15 heavy (non-hydrogen) atoms. The van der Waals surface area contributed by atoms with Gasteiger partial charge in [-0.3, -0.25) is 4.79 Å². The second kappa shape index (κ2) is 3.77. The third-order valence-corrected chi connectivity index (χ3v) is 4.64. The third-order valence-electron chi connectivity index (χ3n) is 4.64. The topological polar surface area (TPSA) is 17.1 Å². The van der Waals surface area contributed by atoms with E-state index in [0.29, 0.717) is 11.7 Å². The predicted molar refractivity (Wildman–Crippen MR) is 62.6 cm³/mol. The van der Waals surface area contributed by atoms with E-state index in [9.17, 15) is 4.79 Å². The summed E-state index contributed by atoms with van der Waals surface area (Å²) in [4.78, 5) is 11.9. The van der Waals surface area contributed by atoms with Crippen LogP contribution in [0.15, 0.2) is 11.6 Å². The van der Waals surface area contributed by atoms with Crippen LogP contribution in [0.5, 0.6) is 0 Å². The van der Waals surface area contributed by atoms with E-state index in [4.69, 9.17) is 0 Å². The van der Waals surface area contributed by atoms with Gasteiger partial charge in [0.1, 0.15) is 5.78 Å². The van der Waals surface area contributed by atoms with E-state index in [0.717, 1.165) is 25.2 Å². The van der Waals surface area contributed by atoms with Crippen LogP contribution in [-0.4, -0.2) is 5.78 Å². The summed E-state index contributed by atoms with van der Waals surface area (Å²) in [6, 6.07) is 0. The van der Waals surface area contributed by atoms with Gasteiger partial charge in [-0.05, 0) is 57.8 Å². The summed E-state index contributed by atoms with van der Waals surface area (Å²) in [6.45, 7) is 6.35. The SMILES string of the molecule is CC(=O)C12CC=C(C)CC1C[C@H](C)CC2. The fourth-order valence-electron chi connectivity index (χ4n) is 3.52. The highest BCUT2D eigenvalue weighted by Gasteiger charge is 2.46. The molecule has 0 saturated heterocycles. The van der Waals surface area contributed by atoms with Gasteiger partial charge in [0, 0.05) is 5.41 Å². The molecule has 0 radical (unpaired) electrons. The van der Waals surface area contributed by atoms with Crippen LogP contribution >= 0.6 is 0 Å². The van der Waals surface area contributed by atoms with Crippen LogP contribution < -0.4 is 0 Å². The van der Waals surface area contributed by atoms with E-state index >= 15 is 0 Å². The van der Waals surface area contributed by atoms with Gasteiger partial charge in [-0.15, -0.1) is 0 Å². The molecular weight excluding hydrogens is 184 g/mol. The first kappa shape index (κ1) is 10.9. The smallest absolute Gasteiger partial charge is 0.136 e. The zero-order valence-electron chi connectivity index (χ0n) is 10.2. The minimum Gasteiger partial charge on any atom is -0.299 e. The van der Waals surface area contributed by atoms with Crippen molar-refractivity contribution in [1.82, 2.24) is 0 Å². The number of Topliss-reactive ketones (excluding diaryl/α,β-unsaturated/α-hetero) is 1. The van der Waals surface area contributed by atoms with E-state index in [1.807, 2.05) is 0 Å². The third kappa shape index (κ3) is 1.77. The molecule has 1 heteroatoms. The molecular formula is C14H22O. The first-order valence-electron chi connectivity index (χ1n) is 6.21. The molecule has 3 atom stereocenters. The summed E-state index contributed by atoms with van der Waals surface area (Å²) < 4.78 is 0. The van der Waals surface area contributed by atoms with Crippen molar-refractivity contribution in [2.75, 3.05) is 0 Å². The molecule has 2 unspecified atom stereocenters. The Morgan fingerprint density at radius 1 is 1.53 bits per heavy atom. The van der Waals surface area contributed by atoms with Gasteiger partial charge in [-0.1, -0.05) is 18.6 Å². The highest BCUT2D eigenvalue weighted by molar-refractivity contribution is 5.83. The van der Waals surface area contributed by atoms with Crippen LogP contribution in [0.4, 0.5) is 0 Å². The lowest BCUT2D eigenvalue weighted by molar-refractivity contribution is -0.133. The largest absolute Gasteiger partial charge is 0.299 e. The molecule has 0 amide bonds.